The first-order valence-corrected chi connectivity index (χ1v) is 13.3. The average Bonchev–Trinajstić information content (AvgIpc) is 2.98. The maximum absolute atomic E-state index is 13.9. The third kappa shape index (κ3) is 5.64. The molecule has 5 rings (SSSR count). The molecular weight excluding hydrogens is 505 g/mol. The highest BCUT2D eigenvalue weighted by Crippen LogP contribution is 2.26. The maximum Gasteiger partial charge on any atom is 0.266 e. The van der Waals surface area contributed by atoms with Crippen LogP contribution in [0.3, 0.4) is 0 Å². The van der Waals surface area contributed by atoms with Gasteiger partial charge in [-0.2, -0.15) is 0 Å². The van der Waals surface area contributed by atoms with Crippen molar-refractivity contribution in [2.45, 2.75) is 26.3 Å². The number of fused-ring (bicyclic) bond motifs is 1. The van der Waals surface area contributed by atoms with Gasteiger partial charge in [-0.1, -0.05) is 42.5 Å². The number of amides is 1. The van der Waals surface area contributed by atoms with E-state index >= 15 is 0 Å². The van der Waals surface area contributed by atoms with Crippen molar-refractivity contribution in [2.75, 3.05) is 13.2 Å². The molecule has 0 bridgehead atoms. The second-order valence-electron chi connectivity index (χ2n) is 9.47. The summed E-state index contributed by atoms with van der Waals surface area (Å²) in [6.07, 6.45) is 0.596. The minimum absolute atomic E-state index is 0.228. The Kier molecular flexibility index (Phi) is 8.01. The lowest BCUT2D eigenvalue weighted by Gasteiger charge is -2.31. The van der Waals surface area contributed by atoms with Crippen LogP contribution < -0.4 is 10.3 Å². The Morgan fingerprint density at radius 1 is 0.925 bits per heavy atom. The van der Waals surface area contributed by atoms with Gasteiger partial charge < -0.3 is 9.64 Å². The number of aromatic nitrogens is 2. The second kappa shape index (κ2) is 11.9. The standard InChI is InChI=1S/C33H30FN3O3/c1-3-40-28-19-17-27(18-20-28)37-31(35-30-12-8-7-11-29(30)33(37)39)23(2)36(22-21-24-9-5-4-6-10-24)32(38)25-13-15-26(34)16-14-25/h4-20,23H,3,21-22H2,1-2H3. The van der Waals surface area contributed by atoms with Crippen LogP contribution >= 0.6 is 0 Å². The van der Waals surface area contributed by atoms with Gasteiger partial charge in [-0.05, 0) is 86.5 Å². The largest absolute Gasteiger partial charge is 0.494 e. The third-order valence-electron chi connectivity index (χ3n) is 6.88. The van der Waals surface area contributed by atoms with Crippen molar-refractivity contribution >= 4 is 16.8 Å². The molecule has 7 heteroatoms. The highest BCUT2D eigenvalue weighted by molar-refractivity contribution is 5.94. The molecule has 1 atom stereocenters. The van der Waals surface area contributed by atoms with E-state index in [1.165, 1.54) is 24.3 Å². The molecule has 1 heterocycles. The van der Waals surface area contributed by atoms with Gasteiger partial charge in [0.25, 0.3) is 11.5 Å². The van der Waals surface area contributed by atoms with E-state index in [4.69, 9.17) is 9.72 Å². The number of carbonyl (C=O) groups excluding carboxylic acids is 1. The molecule has 0 spiro atoms. The fourth-order valence-electron chi connectivity index (χ4n) is 4.80. The van der Waals surface area contributed by atoms with Crippen molar-refractivity contribution in [3.63, 3.8) is 0 Å². The van der Waals surface area contributed by atoms with Crippen molar-refractivity contribution in [3.8, 4) is 11.4 Å². The number of ether oxygens (including phenoxy) is 1. The molecule has 0 saturated heterocycles. The van der Waals surface area contributed by atoms with E-state index in [0.29, 0.717) is 53.3 Å². The first kappa shape index (κ1) is 26.8. The fourth-order valence-corrected chi connectivity index (χ4v) is 4.80. The number of benzene rings is 4. The van der Waals surface area contributed by atoms with Gasteiger partial charge in [-0.15, -0.1) is 0 Å². The van der Waals surface area contributed by atoms with Crippen molar-refractivity contribution in [3.05, 3.63) is 136 Å². The monoisotopic (exact) mass is 535 g/mol. The molecule has 5 aromatic rings. The molecule has 1 aromatic heterocycles. The third-order valence-corrected chi connectivity index (χ3v) is 6.88. The molecule has 0 radical (unpaired) electrons. The highest BCUT2D eigenvalue weighted by Gasteiger charge is 2.27. The number of nitrogens with zero attached hydrogens (tertiary/aromatic N) is 3. The van der Waals surface area contributed by atoms with Gasteiger partial charge in [0.1, 0.15) is 17.4 Å². The molecule has 0 fully saturated rings. The Labute approximate surface area is 232 Å². The van der Waals surface area contributed by atoms with E-state index in [2.05, 4.69) is 0 Å². The van der Waals surface area contributed by atoms with Crippen LogP contribution in [0.5, 0.6) is 5.75 Å². The lowest BCUT2D eigenvalue weighted by atomic mass is 10.1. The minimum Gasteiger partial charge on any atom is -0.494 e. The van der Waals surface area contributed by atoms with Crippen LogP contribution in [-0.4, -0.2) is 33.5 Å². The predicted octanol–water partition coefficient (Wildman–Crippen LogP) is 6.37. The first-order valence-electron chi connectivity index (χ1n) is 13.3. The molecule has 0 N–H and O–H groups in total. The van der Waals surface area contributed by atoms with E-state index in [0.717, 1.165) is 5.56 Å². The number of hydrogen-bond acceptors (Lipinski definition) is 4. The van der Waals surface area contributed by atoms with Gasteiger partial charge >= 0.3 is 0 Å². The lowest BCUT2D eigenvalue weighted by molar-refractivity contribution is 0.0683. The van der Waals surface area contributed by atoms with Crippen LogP contribution in [0.1, 0.15) is 41.6 Å². The Balaban J connectivity index is 1.63. The molecule has 6 nitrogen and oxygen atoms in total. The summed E-state index contributed by atoms with van der Waals surface area (Å²) in [7, 11) is 0. The molecule has 0 saturated carbocycles. The van der Waals surface area contributed by atoms with E-state index in [1.807, 2.05) is 74.5 Å². The van der Waals surface area contributed by atoms with Crippen LogP contribution in [0.4, 0.5) is 4.39 Å². The van der Waals surface area contributed by atoms with Crippen LogP contribution in [0.2, 0.25) is 0 Å². The molecule has 1 amide bonds. The van der Waals surface area contributed by atoms with Gasteiger partial charge in [0, 0.05) is 12.1 Å². The zero-order valence-electron chi connectivity index (χ0n) is 22.5. The number of para-hydroxylation sites is 1. The van der Waals surface area contributed by atoms with E-state index in [9.17, 15) is 14.0 Å². The Morgan fingerprint density at radius 3 is 2.30 bits per heavy atom. The van der Waals surface area contributed by atoms with Gasteiger partial charge in [0.15, 0.2) is 0 Å². The van der Waals surface area contributed by atoms with E-state index < -0.39 is 11.9 Å². The fraction of sp³-hybridized carbons (Fsp3) is 0.182. The zero-order chi connectivity index (χ0) is 28.1. The van der Waals surface area contributed by atoms with Gasteiger partial charge in [0.2, 0.25) is 0 Å². The lowest BCUT2D eigenvalue weighted by Crippen LogP contribution is -2.38. The Morgan fingerprint density at radius 2 is 1.60 bits per heavy atom. The average molecular weight is 536 g/mol. The van der Waals surface area contributed by atoms with Crippen LogP contribution in [-0.2, 0) is 6.42 Å². The summed E-state index contributed by atoms with van der Waals surface area (Å²) in [6.45, 7) is 4.68. The molecule has 0 aliphatic carbocycles. The molecule has 0 aliphatic heterocycles. The first-order chi connectivity index (χ1) is 19.5. The van der Waals surface area contributed by atoms with Crippen molar-refractivity contribution in [2.24, 2.45) is 0 Å². The quantitative estimate of drug-likeness (QED) is 0.220. The normalized spacial score (nSPS) is 11.8. The minimum atomic E-state index is -0.592. The molecule has 0 aliphatic rings. The van der Waals surface area contributed by atoms with Crippen LogP contribution in [0.25, 0.3) is 16.6 Å². The summed E-state index contributed by atoms with van der Waals surface area (Å²) in [5.41, 5.74) is 2.37. The predicted molar refractivity (Wildman–Crippen MR) is 155 cm³/mol. The highest BCUT2D eigenvalue weighted by atomic mass is 19.1. The summed E-state index contributed by atoms with van der Waals surface area (Å²) < 4.78 is 20.8. The summed E-state index contributed by atoms with van der Waals surface area (Å²) >= 11 is 0. The summed E-state index contributed by atoms with van der Waals surface area (Å²) in [6, 6.07) is 29.2. The number of rotatable bonds is 9. The van der Waals surface area contributed by atoms with Gasteiger partial charge in [-0.25, -0.2) is 9.37 Å². The van der Waals surface area contributed by atoms with Gasteiger partial charge in [-0.3, -0.25) is 14.2 Å². The van der Waals surface area contributed by atoms with Gasteiger partial charge in [0.05, 0.1) is 29.2 Å². The van der Waals surface area contributed by atoms with Crippen molar-refractivity contribution in [1.82, 2.24) is 14.5 Å². The van der Waals surface area contributed by atoms with Crippen molar-refractivity contribution < 1.29 is 13.9 Å². The van der Waals surface area contributed by atoms with Crippen molar-refractivity contribution in [1.29, 1.82) is 0 Å². The number of halogens is 1. The Hall–Kier alpha value is -4.78. The zero-order valence-corrected chi connectivity index (χ0v) is 22.5. The van der Waals surface area contributed by atoms with Crippen LogP contribution in [0, 0.1) is 5.82 Å². The summed E-state index contributed by atoms with van der Waals surface area (Å²) in [4.78, 5) is 34.4. The summed E-state index contributed by atoms with van der Waals surface area (Å²) in [5, 5.41) is 0.480. The Bertz CT molecular complexity index is 1670. The molecule has 202 valence electrons. The number of hydrogen-bond donors (Lipinski definition) is 0. The SMILES string of the molecule is CCOc1ccc(-n2c(C(C)N(CCc3ccccc3)C(=O)c3ccc(F)cc3)nc3ccccc3c2=O)cc1. The smallest absolute Gasteiger partial charge is 0.266 e. The topological polar surface area (TPSA) is 64.4 Å². The van der Waals surface area contributed by atoms with Crippen LogP contribution in [0.15, 0.2) is 108 Å². The second-order valence-corrected chi connectivity index (χ2v) is 9.47. The molecule has 1 unspecified atom stereocenters. The maximum atomic E-state index is 13.9. The molecule has 40 heavy (non-hydrogen) atoms. The number of carbonyl (C=O) groups is 1. The molecular formula is C33H30FN3O3. The van der Waals surface area contributed by atoms with E-state index in [-0.39, 0.29) is 11.5 Å². The molecule has 4 aromatic carbocycles. The van der Waals surface area contributed by atoms with E-state index in [1.54, 1.807) is 27.7 Å². The summed E-state index contributed by atoms with van der Waals surface area (Å²) in [5.74, 6) is 0.431.